The summed E-state index contributed by atoms with van der Waals surface area (Å²) >= 11 is 6.44. The van der Waals surface area contributed by atoms with Gasteiger partial charge in [-0.25, -0.2) is 9.97 Å². The van der Waals surface area contributed by atoms with Crippen molar-refractivity contribution in [3.63, 3.8) is 0 Å². The molecule has 2 aliphatic heterocycles. The van der Waals surface area contributed by atoms with Crippen LogP contribution in [-0.2, 0) is 9.47 Å². The summed E-state index contributed by atoms with van der Waals surface area (Å²) in [5, 5.41) is 0.647. The molecule has 0 unspecified atom stereocenters. The molecule has 4 rings (SSSR count). The van der Waals surface area contributed by atoms with Crippen molar-refractivity contribution >= 4 is 17.4 Å². The fourth-order valence-corrected chi connectivity index (χ4v) is 5.61. The highest BCUT2D eigenvalue weighted by Gasteiger charge is 2.48. The zero-order chi connectivity index (χ0) is 18.9. The van der Waals surface area contributed by atoms with Crippen LogP contribution < -0.4 is 4.90 Å². The van der Waals surface area contributed by atoms with E-state index in [0.29, 0.717) is 17.0 Å². The first kappa shape index (κ1) is 19.4. The number of fused-ring (bicyclic) bond motifs is 1. The van der Waals surface area contributed by atoms with E-state index in [-0.39, 0.29) is 5.41 Å². The number of morpholine rings is 1. The lowest BCUT2D eigenvalue weighted by molar-refractivity contribution is -0.0540. The number of aromatic nitrogens is 2. The van der Waals surface area contributed by atoms with E-state index >= 15 is 0 Å². The molecule has 2 saturated heterocycles. The maximum Gasteiger partial charge on any atom is 0.151 e. The molecule has 1 saturated carbocycles. The normalized spacial score (nSPS) is 32.3. The van der Waals surface area contributed by atoms with E-state index in [4.69, 9.17) is 21.1 Å². The zero-order valence-electron chi connectivity index (χ0n) is 16.5. The van der Waals surface area contributed by atoms with Crippen molar-refractivity contribution in [1.82, 2.24) is 14.9 Å². The van der Waals surface area contributed by atoms with Gasteiger partial charge in [-0.2, -0.15) is 0 Å². The lowest BCUT2D eigenvalue weighted by Gasteiger charge is -2.54. The van der Waals surface area contributed by atoms with Gasteiger partial charge >= 0.3 is 0 Å². The van der Waals surface area contributed by atoms with Crippen molar-refractivity contribution in [1.29, 1.82) is 0 Å². The van der Waals surface area contributed by atoms with E-state index in [1.54, 1.807) is 6.20 Å². The van der Waals surface area contributed by atoms with Gasteiger partial charge < -0.3 is 14.4 Å². The van der Waals surface area contributed by atoms with Gasteiger partial charge in [0.2, 0.25) is 0 Å². The number of hydrogen-bond donors (Lipinski definition) is 0. The fourth-order valence-electron chi connectivity index (χ4n) is 5.40. The van der Waals surface area contributed by atoms with E-state index in [0.717, 1.165) is 57.6 Å². The van der Waals surface area contributed by atoms with Gasteiger partial charge in [-0.15, -0.1) is 0 Å². The third-order valence-electron chi connectivity index (χ3n) is 6.79. The maximum atomic E-state index is 6.44. The first-order valence-electron chi connectivity index (χ1n) is 10.2. The van der Waals surface area contributed by atoms with Gasteiger partial charge in [0.05, 0.1) is 26.0 Å². The van der Waals surface area contributed by atoms with Crippen LogP contribution in [0.5, 0.6) is 0 Å². The number of aryl methyl sites for hydroxylation is 1. The second kappa shape index (κ2) is 8.19. The summed E-state index contributed by atoms with van der Waals surface area (Å²) in [6.45, 7) is 8.62. The summed E-state index contributed by atoms with van der Waals surface area (Å²) < 4.78 is 11.3. The van der Waals surface area contributed by atoms with Gasteiger partial charge in [0.1, 0.15) is 10.8 Å². The fraction of sp³-hybridized carbons (Fsp3) is 0.800. The first-order valence-corrected chi connectivity index (χ1v) is 10.5. The predicted octanol–water partition coefficient (Wildman–Crippen LogP) is 2.78. The lowest BCUT2D eigenvalue weighted by atomic mass is 9.62. The molecule has 150 valence electrons. The Morgan fingerprint density at radius 1 is 1.30 bits per heavy atom. The average Bonchev–Trinajstić information content (AvgIpc) is 2.70. The molecule has 0 spiro atoms. The van der Waals surface area contributed by atoms with Crippen LogP contribution >= 0.6 is 11.6 Å². The van der Waals surface area contributed by atoms with Crippen LogP contribution in [0.1, 0.15) is 31.5 Å². The monoisotopic (exact) mass is 394 g/mol. The minimum Gasteiger partial charge on any atom is -0.384 e. The van der Waals surface area contributed by atoms with Crippen molar-refractivity contribution in [3.05, 3.63) is 17.0 Å². The molecular weight excluding hydrogens is 364 g/mol. The number of methoxy groups -OCH3 is 1. The van der Waals surface area contributed by atoms with Gasteiger partial charge in [-0.05, 0) is 38.5 Å². The van der Waals surface area contributed by atoms with Crippen molar-refractivity contribution in [2.75, 3.05) is 58.0 Å². The Bertz CT molecular complexity index is 655. The molecule has 0 N–H and O–H groups in total. The summed E-state index contributed by atoms with van der Waals surface area (Å²) in [6, 6.07) is 0.695. The molecule has 1 aromatic heterocycles. The number of halogens is 1. The van der Waals surface area contributed by atoms with Gasteiger partial charge in [-0.3, -0.25) is 4.90 Å². The van der Waals surface area contributed by atoms with Crippen LogP contribution in [0.3, 0.4) is 0 Å². The molecule has 0 aromatic carbocycles. The highest BCUT2D eigenvalue weighted by molar-refractivity contribution is 6.32. The molecule has 3 heterocycles. The number of hydrogen-bond acceptors (Lipinski definition) is 6. The Labute approximate surface area is 167 Å². The highest BCUT2D eigenvalue weighted by Crippen LogP contribution is 2.48. The summed E-state index contributed by atoms with van der Waals surface area (Å²) in [6.07, 6.45) is 6.61. The first-order chi connectivity index (χ1) is 13.1. The van der Waals surface area contributed by atoms with E-state index < -0.39 is 0 Å². The number of piperidine rings is 1. The summed E-state index contributed by atoms with van der Waals surface area (Å²) in [5.74, 6) is 2.35. The number of rotatable bonds is 4. The molecule has 0 radical (unpaired) electrons. The lowest BCUT2D eigenvalue weighted by Crippen LogP contribution is -2.57. The van der Waals surface area contributed by atoms with Crippen molar-refractivity contribution in [3.8, 4) is 0 Å². The molecule has 1 aliphatic carbocycles. The largest absolute Gasteiger partial charge is 0.384 e. The molecule has 0 amide bonds. The smallest absolute Gasteiger partial charge is 0.151 e. The minimum absolute atomic E-state index is 0.192. The second-order valence-corrected chi connectivity index (χ2v) is 8.78. The Morgan fingerprint density at radius 3 is 2.89 bits per heavy atom. The Balaban J connectivity index is 1.51. The molecule has 3 atom stereocenters. The number of ether oxygens (including phenoxy) is 2. The molecular formula is C20H31ClN4O2. The Morgan fingerprint density at radius 2 is 2.11 bits per heavy atom. The SMILES string of the molecule is COC[C@@]12CC[C@@H](N3CCOCC3)C[C@H]1CCN(c1nc(C)ncc1Cl)C2. The van der Waals surface area contributed by atoms with Crippen LogP contribution in [0.2, 0.25) is 5.02 Å². The van der Waals surface area contributed by atoms with Crippen LogP contribution in [0.15, 0.2) is 6.20 Å². The van der Waals surface area contributed by atoms with Crippen LogP contribution in [0.25, 0.3) is 0 Å². The van der Waals surface area contributed by atoms with E-state index in [1.807, 2.05) is 14.0 Å². The zero-order valence-corrected chi connectivity index (χ0v) is 17.2. The van der Waals surface area contributed by atoms with E-state index in [2.05, 4.69) is 19.8 Å². The molecule has 27 heavy (non-hydrogen) atoms. The third-order valence-corrected chi connectivity index (χ3v) is 7.06. The molecule has 3 aliphatic rings. The summed E-state index contributed by atoms with van der Waals surface area (Å²) in [5.41, 5.74) is 0.192. The van der Waals surface area contributed by atoms with E-state index in [9.17, 15) is 0 Å². The Hall–Kier alpha value is -0.950. The van der Waals surface area contributed by atoms with Crippen molar-refractivity contribution < 1.29 is 9.47 Å². The van der Waals surface area contributed by atoms with Crippen LogP contribution in [0.4, 0.5) is 5.82 Å². The minimum atomic E-state index is 0.192. The van der Waals surface area contributed by atoms with Gasteiger partial charge in [0.15, 0.2) is 5.82 Å². The third kappa shape index (κ3) is 3.95. The molecule has 1 aromatic rings. The molecule has 3 fully saturated rings. The number of anilines is 1. The summed E-state index contributed by atoms with van der Waals surface area (Å²) in [4.78, 5) is 13.9. The second-order valence-electron chi connectivity index (χ2n) is 8.37. The standard InChI is InChI=1S/C20H31ClN4O2/c1-15-22-12-18(21)19(23-15)25-6-4-16-11-17(24-7-9-27-10-8-24)3-5-20(16,13-25)14-26-2/h12,16-17H,3-11,13-14H2,1-2H3/t16-,17-,20+/m1/s1. The highest BCUT2D eigenvalue weighted by atomic mass is 35.5. The van der Waals surface area contributed by atoms with Gasteiger partial charge in [-0.1, -0.05) is 11.6 Å². The maximum absolute atomic E-state index is 6.44. The van der Waals surface area contributed by atoms with Gasteiger partial charge in [0, 0.05) is 44.7 Å². The van der Waals surface area contributed by atoms with Crippen LogP contribution in [0, 0.1) is 18.3 Å². The molecule has 0 bridgehead atoms. The van der Waals surface area contributed by atoms with E-state index in [1.165, 1.54) is 25.7 Å². The Kier molecular flexibility index (Phi) is 5.88. The van der Waals surface area contributed by atoms with Crippen molar-refractivity contribution in [2.45, 2.75) is 38.6 Å². The van der Waals surface area contributed by atoms with Crippen molar-refractivity contribution in [2.24, 2.45) is 11.3 Å². The molecule has 6 nitrogen and oxygen atoms in total. The number of nitrogens with zero attached hydrogens (tertiary/aromatic N) is 4. The van der Waals surface area contributed by atoms with Crippen LogP contribution in [-0.4, -0.2) is 74.0 Å². The topological polar surface area (TPSA) is 50.7 Å². The van der Waals surface area contributed by atoms with Gasteiger partial charge in [0.25, 0.3) is 0 Å². The quantitative estimate of drug-likeness (QED) is 0.782. The molecule has 7 heteroatoms. The average molecular weight is 395 g/mol. The summed E-state index contributed by atoms with van der Waals surface area (Å²) in [7, 11) is 1.83. The predicted molar refractivity (Wildman–Crippen MR) is 106 cm³/mol.